The van der Waals surface area contributed by atoms with Crippen molar-refractivity contribution in [3.8, 4) is 0 Å². The van der Waals surface area contributed by atoms with Gasteiger partial charge in [-0.1, -0.05) is 38.1 Å². The number of fused-ring (bicyclic) bond motifs is 5. The summed E-state index contributed by atoms with van der Waals surface area (Å²) in [6.07, 6.45) is 5.10. The van der Waals surface area contributed by atoms with Crippen LogP contribution in [0.1, 0.15) is 80.7 Å². The van der Waals surface area contributed by atoms with Crippen LogP contribution in [0.3, 0.4) is 0 Å². The topological polar surface area (TPSA) is 152 Å². The summed E-state index contributed by atoms with van der Waals surface area (Å²) in [6, 6.07) is 7.95. The maximum absolute atomic E-state index is 13.2. The van der Waals surface area contributed by atoms with E-state index >= 15 is 0 Å². The van der Waals surface area contributed by atoms with Crippen LogP contribution in [0.25, 0.3) is 5.57 Å². The Bertz CT molecular complexity index is 1760. The normalized spacial score (nSPS) is 36.9. The molecule has 1 aliphatic heterocycles. The largest absolute Gasteiger partial charge is 0.462 e. The summed E-state index contributed by atoms with van der Waals surface area (Å²) >= 11 is 1.60. The molecule has 0 radical (unpaired) electrons. The molecule has 4 unspecified atom stereocenters. The molecule has 1 N–H and O–H groups in total. The predicted octanol–water partition coefficient (Wildman–Crippen LogP) is 6.02. The van der Waals surface area contributed by atoms with Crippen LogP contribution in [-0.2, 0) is 47.7 Å². The van der Waals surface area contributed by atoms with E-state index in [9.17, 15) is 29.1 Å². The number of hydrogen-bond donors (Lipinski definition) is 1. The molecule has 0 aromatic heterocycles. The van der Waals surface area contributed by atoms with Gasteiger partial charge in [0.15, 0.2) is 6.10 Å². The number of aliphatic hydroxyl groups is 1. The van der Waals surface area contributed by atoms with Crippen molar-refractivity contribution in [3.63, 3.8) is 0 Å². The molecule has 288 valence electrons. The first-order chi connectivity index (χ1) is 24.8. The van der Waals surface area contributed by atoms with Gasteiger partial charge in [-0.25, -0.2) is 4.79 Å². The van der Waals surface area contributed by atoms with Gasteiger partial charge in [-0.2, -0.15) is 0 Å². The molecule has 0 saturated heterocycles. The Labute approximate surface area is 315 Å². The Balaban J connectivity index is 1.84. The Morgan fingerprint density at radius 1 is 0.981 bits per heavy atom. The van der Waals surface area contributed by atoms with Crippen molar-refractivity contribution in [3.05, 3.63) is 59.7 Å². The van der Waals surface area contributed by atoms with Crippen molar-refractivity contribution in [1.82, 2.24) is 0 Å². The quantitative estimate of drug-likeness (QED) is 0.143. The number of allylic oxidation sites excluding steroid dienone is 2. The Hall–Kier alpha value is -3.90. The summed E-state index contributed by atoms with van der Waals surface area (Å²) in [5.74, 6) is -5.18. The molecule has 4 aliphatic rings. The minimum absolute atomic E-state index is 0.316. The van der Waals surface area contributed by atoms with E-state index in [1.54, 1.807) is 30.8 Å². The number of esters is 5. The first-order valence-electron chi connectivity index (χ1n) is 18.0. The van der Waals surface area contributed by atoms with Crippen LogP contribution < -0.4 is 0 Å². The van der Waals surface area contributed by atoms with E-state index in [4.69, 9.17) is 23.7 Å². The zero-order valence-electron chi connectivity index (χ0n) is 32.2. The molecule has 53 heavy (non-hydrogen) atoms. The standard InChI is InChI=1S/C41H52O11S/c1-22(29-13-11-12-14-30(29)53-10)20-41(47)23(2)19-33(50-26(5)43)39(9)32(41)17-18-38(8)31-15-16-34(46)48-21-40(31,24(3)49-25(4)42)37(52-28(7)45)35(36(38)39)51-27(6)44/h11-16,19-20,24,31-33,35-37,47H,17-18,21H2,1-10H3/b22-20-/t24?,31?,32?,33-,35+,36?,37+,38+,39-,40-,41+/m1/s1. The lowest BCUT2D eigenvalue weighted by Crippen LogP contribution is -2.76. The second-order valence-corrected chi connectivity index (χ2v) is 16.4. The molecule has 0 spiro atoms. The van der Waals surface area contributed by atoms with Crippen molar-refractivity contribution in [1.29, 1.82) is 0 Å². The third-order valence-corrected chi connectivity index (χ3v) is 13.4. The molecule has 1 heterocycles. The van der Waals surface area contributed by atoms with E-state index in [0.29, 0.717) is 18.4 Å². The fourth-order valence-corrected chi connectivity index (χ4v) is 11.3. The number of ether oxygens (including phenoxy) is 5. The van der Waals surface area contributed by atoms with Crippen LogP contribution in [0.2, 0.25) is 0 Å². The summed E-state index contributed by atoms with van der Waals surface area (Å²) in [4.78, 5) is 65.8. The van der Waals surface area contributed by atoms with Crippen molar-refractivity contribution in [2.45, 2.75) is 110 Å². The van der Waals surface area contributed by atoms with Crippen molar-refractivity contribution < 1.29 is 52.8 Å². The highest BCUT2D eigenvalue weighted by Crippen LogP contribution is 2.72. The maximum Gasteiger partial charge on any atom is 0.330 e. The van der Waals surface area contributed by atoms with E-state index in [1.807, 2.05) is 64.3 Å². The van der Waals surface area contributed by atoms with Gasteiger partial charge in [0.05, 0.1) is 5.41 Å². The van der Waals surface area contributed by atoms with E-state index in [0.717, 1.165) is 16.0 Å². The molecule has 0 bridgehead atoms. The SMILES string of the molecule is CSc1ccccc1/C(C)=C\[C@]1(O)C(C)=C[C@@H](OC(C)=O)[C@]2(C)C3[C@H](OC(C)=O)[C@H](OC(C)=O)[C@@]4(C(C)OC(C)=O)COC(=O)C=CC4[C@]3(C)CCC21. The van der Waals surface area contributed by atoms with Gasteiger partial charge in [-0.15, -0.1) is 11.8 Å². The van der Waals surface area contributed by atoms with Gasteiger partial charge in [0.25, 0.3) is 0 Å². The number of carbonyl (C=O) groups is 5. The lowest BCUT2D eigenvalue weighted by Gasteiger charge is -2.70. The van der Waals surface area contributed by atoms with Crippen molar-refractivity contribution in [2.75, 3.05) is 12.9 Å². The zero-order valence-corrected chi connectivity index (χ0v) is 33.0. The minimum Gasteiger partial charge on any atom is -0.462 e. The Morgan fingerprint density at radius 3 is 2.23 bits per heavy atom. The Morgan fingerprint density at radius 2 is 1.62 bits per heavy atom. The molecule has 11 atom stereocenters. The third-order valence-electron chi connectivity index (χ3n) is 12.6. The molecule has 2 saturated carbocycles. The van der Waals surface area contributed by atoms with Crippen LogP contribution in [0.4, 0.5) is 0 Å². The molecule has 0 amide bonds. The first-order valence-corrected chi connectivity index (χ1v) is 19.3. The molecular weight excluding hydrogens is 701 g/mol. The number of rotatable bonds is 8. The van der Waals surface area contributed by atoms with E-state index < -0.39 is 93.9 Å². The van der Waals surface area contributed by atoms with Gasteiger partial charge in [0.1, 0.15) is 30.5 Å². The highest BCUT2D eigenvalue weighted by atomic mass is 32.2. The van der Waals surface area contributed by atoms with E-state index in [2.05, 4.69) is 0 Å². The number of thioether (sulfide) groups is 1. The second-order valence-electron chi connectivity index (χ2n) is 15.6. The zero-order chi connectivity index (χ0) is 39.3. The van der Waals surface area contributed by atoms with Gasteiger partial charge in [-0.3, -0.25) is 19.2 Å². The summed E-state index contributed by atoms with van der Waals surface area (Å²) in [5, 5.41) is 13.1. The monoisotopic (exact) mass is 752 g/mol. The van der Waals surface area contributed by atoms with Gasteiger partial charge in [0.2, 0.25) is 0 Å². The predicted molar refractivity (Wildman–Crippen MR) is 197 cm³/mol. The fraction of sp³-hybridized carbons (Fsp3) is 0.585. The minimum atomic E-state index is -1.56. The van der Waals surface area contributed by atoms with Gasteiger partial charge in [0, 0.05) is 55.9 Å². The molecule has 5 rings (SSSR count). The average molecular weight is 753 g/mol. The van der Waals surface area contributed by atoms with Crippen LogP contribution >= 0.6 is 11.8 Å². The summed E-state index contributed by atoms with van der Waals surface area (Å²) in [5.41, 5.74) is -2.65. The fourth-order valence-electron chi connectivity index (χ4n) is 10.6. The molecule has 12 heteroatoms. The van der Waals surface area contributed by atoms with Gasteiger partial charge < -0.3 is 28.8 Å². The summed E-state index contributed by atoms with van der Waals surface area (Å²) < 4.78 is 30.3. The number of benzene rings is 1. The maximum atomic E-state index is 13.2. The summed E-state index contributed by atoms with van der Waals surface area (Å²) in [7, 11) is 0. The third kappa shape index (κ3) is 6.75. The highest BCUT2D eigenvalue weighted by Gasteiger charge is 2.76. The second kappa shape index (κ2) is 14.7. The molecule has 3 aliphatic carbocycles. The average Bonchev–Trinajstić information content (AvgIpc) is 3.24. The smallest absolute Gasteiger partial charge is 0.330 e. The number of hydrogen-bond acceptors (Lipinski definition) is 12. The number of cyclic esters (lactones) is 1. The van der Waals surface area contributed by atoms with Crippen LogP contribution in [-0.4, -0.2) is 77.8 Å². The highest BCUT2D eigenvalue weighted by molar-refractivity contribution is 7.98. The lowest BCUT2D eigenvalue weighted by molar-refractivity contribution is -0.301. The molecule has 1 aromatic carbocycles. The molecule has 1 aromatic rings. The van der Waals surface area contributed by atoms with E-state index in [1.165, 1.54) is 33.8 Å². The van der Waals surface area contributed by atoms with Gasteiger partial charge >= 0.3 is 29.8 Å². The van der Waals surface area contributed by atoms with Crippen LogP contribution in [0.15, 0.2) is 59.0 Å². The van der Waals surface area contributed by atoms with Crippen molar-refractivity contribution in [2.24, 2.45) is 34.0 Å². The molecular formula is C41H52O11S. The van der Waals surface area contributed by atoms with E-state index in [-0.39, 0.29) is 6.61 Å². The van der Waals surface area contributed by atoms with Crippen molar-refractivity contribution >= 4 is 47.2 Å². The van der Waals surface area contributed by atoms with Crippen LogP contribution in [0, 0.1) is 34.0 Å². The summed E-state index contributed by atoms with van der Waals surface area (Å²) in [6.45, 7) is 14.2. The lowest BCUT2D eigenvalue weighted by atomic mass is 9.36. The molecule has 11 nitrogen and oxygen atoms in total. The molecule has 2 fully saturated rings. The van der Waals surface area contributed by atoms with Crippen LogP contribution in [0.5, 0.6) is 0 Å². The van der Waals surface area contributed by atoms with Gasteiger partial charge in [-0.05, 0) is 86.1 Å². The Kier molecular flexibility index (Phi) is 11.2. The first kappa shape index (κ1) is 40.3. The number of carbonyl (C=O) groups excluding carboxylic acids is 5.